The molecule has 3 heterocycles. The third-order valence-electron chi connectivity index (χ3n) is 20.1. The van der Waals surface area contributed by atoms with Gasteiger partial charge in [-0.1, -0.05) is 316 Å². The number of aliphatic hydroxyl groups excluding tert-OH is 11. The molecule has 105 heavy (non-hydrogen) atoms. The maximum absolute atomic E-state index is 13.5. The summed E-state index contributed by atoms with van der Waals surface area (Å²) in [4.78, 5) is 13.5. The third kappa shape index (κ3) is 44.8. The number of unbranched alkanes of at least 4 members (excludes halogenated alkanes) is 33. The molecule has 0 radical (unpaired) electrons. The number of amides is 1. The van der Waals surface area contributed by atoms with Crippen LogP contribution in [-0.4, -0.2) is 193 Å². The van der Waals surface area contributed by atoms with Gasteiger partial charge in [0.2, 0.25) is 5.91 Å². The number of ether oxygens (including phenoxy) is 6. The fraction of sp³-hybridized carbons (Fsp3) is 0.779. The van der Waals surface area contributed by atoms with Gasteiger partial charge in [-0.05, 0) is 83.5 Å². The van der Waals surface area contributed by atoms with Crippen LogP contribution in [0.1, 0.15) is 296 Å². The molecule has 12 N–H and O–H groups in total. The van der Waals surface area contributed by atoms with E-state index in [-0.39, 0.29) is 18.9 Å². The molecule has 1 amide bonds. The van der Waals surface area contributed by atoms with Gasteiger partial charge in [-0.25, -0.2) is 0 Å². The van der Waals surface area contributed by atoms with E-state index in [1.165, 1.54) is 167 Å². The number of carbonyl (C=O) groups is 1. The molecule has 0 bridgehead atoms. The van der Waals surface area contributed by atoms with E-state index in [0.717, 1.165) is 103 Å². The highest BCUT2D eigenvalue weighted by atomic mass is 16.8. The Bertz CT molecular complexity index is 2320. The molecule has 0 aromatic rings. The molecule has 3 aliphatic rings. The lowest BCUT2D eigenvalue weighted by atomic mass is 9.96. The molecule has 19 heteroatoms. The predicted octanol–water partition coefficient (Wildman–Crippen LogP) is 14.5. The largest absolute Gasteiger partial charge is 0.394 e. The number of nitrogens with one attached hydrogen (secondary N) is 1. The van der Waals surface area contributed by atoms with Gasteiger partial charge in [0.1, 0.15) is 73.2 Å². The van der Waals surface area contributed by atoms with Crippen molar-refractivity contribution >= 4 is 5.91 Å². The van der Waals surface area contributed by atoms with E-state index in [0.29, 0.717) is 6.42 Å². The molecule has 17 unspecified atom stereocenters. The molecule has 17 atom stereocenters. The van der Waals surface area contributed by atoms with Crippen LogP contribution in [0.3, 0.4) is 0 Å². The number of carbonyl (C=O) groups excluding carboxylic acids is 1. The molecule has 606 valence electrons. The molecule has 0 aliphatic carbocycles. The SMILES string of the molecule is CC/C=C\C/C=C\C/C=C\C/C=C\C/C=C\C/C=C\C/C=C\C/C=C\CCCCCCCCCCCCCCCCC(=O)NC(COC1OC(CO)C(OC2OC(CO)C(OC3OC(CO)C(O)C(O)C3O)C(O)C2O)C(O)C1O)C(O)/C=C/CCCCCCCCCCCCCCCCCCCCC. The second-order valence-electron chi connectivity index (χ2n) is 29.2. The molecule has 3 rings (SSSR count). The second-order valence-corrected chi connectivity index (χ2v) is 29.2. The van der Waals surface area contributed by atoms with Gasteiger partial charge in [-0.2, -0.15) is 0 Å². The standard InChI is InChI=1S/C86H149NO18/c1-3-5-7-9-11-13-15-17-19-21-23-25-26-27-28-29-30-31-32-33-34-35-36-37-38-39-40-41-42-44-46-48-50-52-54-56-58-60-62-64-74(92)87-69(70(91)63-61-59-57-55-53-51-49-47-45-43-24-22-20-18-16-14-12-10-8-6-4-2)68-100-84-80(98)77(95)82(72(66-89)102-84)105-86-81(99)78(96)83(73(67-90)103-86)104-85-79(97)76(94)75(93)71(65-88)101-85/h5,7,11,13,17,19,23,25,27-28,30-31,33-34,36-37,61,63,69-73,75-86,88-91,93-99H,3-4,6,8-10,12,14-16,18,20-22,24,26,29,32,35,38-60,62,64-68H2,1-2H3,(H,87,92)/b7-5-,13-11-,19-17-,25-23-,28-27-,31-30-,34-33-,37-36-,63-61+. The van der Waals surface area contributed by atoms with E-state index >= 15 is 0 Å². The highest BCUT2D eigenvalue weighted by molar-refractivity contribution is 5.76. The van der Waals surface area contributed by atoms with Crippen LogP contribution in [0, 0.1) is 0 Å². The highest BCUT2D eigenvalue weighted by Crippen LogP contribution is 2.33. The number of aliphatic hydroxyl groups is 11. The van der Waals surface area contributed by atoms with Crippen molar-refractivity contribution in [2.75, 3.05) is 26.4 Å². The number of hydrogen-bond donors (Lipinski definition) is 12. The van der Waals surface area contributed by atoms with Gasteiger partial charge in [0, 0.05) is 6.42 Å². The van der Waals surface area contributed by atoms with Gasteiger partial charge in [-0.3, -0.25) is 4.79 Å². The Balaban J connectivity index is 1.34. The fourth-order valence-corrected chi connectivity index (χ4v) is 13.4. The normalized spacial score (nSPS) is 26.4. The van der Waals surface area contributed by atoms with Crippen LogP contribution in [0.2, 0.25) is 0 Å². The summed E-state index contributed by atoms with van der Waals surface area (Å²) in [5.41, 5.74) is 0. The maximum Gasteiger partial charge on any atom is 0.220 e. The van der Waals surface area contributed by atoms with Crippen LogP contribution in [0.15, 0.2) is 109 Å². The monoisotopic (exact) mass is 1480 g/mol. The summed E-state index contributed by atoms with van der Waals surface area (Å²) in [7, 11) is 0. The summed E-state index contributed by atoms with van der Waals surface area (Å²) in [6.07, 6.45) is 63.5. The molecule has 0 aromatic carbocycles. The zero-order valence-corrected chi connectivity index (χ0v) is 64.9. The van der Waals surface area contributed by atoms with Crippen molar-refractivity contribution in [3.8, 4) is 0 Å². The number of allylic oxidation sites excluding steroid dienone is 17. The molecule has 3 saturated heterocycles. The Morgan fingerprint density at radius 3 is 1.03 bits per heavy atom. The number of rotatable bonds is 65. The minimum Gasteiger partial charge on any atom is -0.394 e. The molecule has 19 nitrogen and oxygen atoms in total. The molecule has 3 fully saturated rings. The van der Waals surface area contributed by atoms with Crippen molar-refractivity contribution in [3.05, 3.63) is 109 Å². The lowest BCUT2D eigenvalue weighted by molar-refractivity contribution is -0.379. The van der Waals surface area contributed by atoms with Crippen molar-refractivity contribution < 1.29 is 89.4 Å². The Kier molecular flexibility index (Phi) is 59.4. The first-order valence-electron chi connectivity index (χ1n) is 41.6. The molecule has 0 spiro atoms. The van der Waals surface area contributed by atoms with E-state index in [4.69, 9.17) is 28.4 Å². The molecule has 0 saturated carbocycles. The average Bonchev–Trinajstić information content (AvgIpc) is 0.780. The number of hydrogen-bond acceptors (Lipinski definition) is 18. The van der Waals surface area contributed by atoms with Crippen LogP contribution >= 0.6 is 0 Å². The minimum atomic E-state index is -1.98. The summed E-state index contributed by atoms with van der Waals surface area (Å²) in [6.45, 7) is 1.64. The van der Waals surface area contributed by atoms with Crippen molar-refractivity contribution in [3.63, 3.8) is 0 Å². The zero-order chi connectivity index (χ0) is 76.0. The van der Waals surface area contributed by atoms with Crippen LogP contribution in [-0.2, 0) is 33.2 Å². The van der Waals surface area contributed by atoms with E-state index in [1.54, 1.807) is 6.08 Å². The topological polar surface area (TPSA) is 307 Å². The summed E-state index contributed by atoms with van der Waals surface area (Å²) in [6, 6.07) is -0.980. The summed E-state index contributed by atoms with van der Waals surface area (Å²) in [5, 5.41) is 121. The average molecular weight is 1490 g/mol. The highest BCUT2D eigenvalue weighted by Gasteiger charge is 2.54. The van der Waals surface area contributed by atoms with E-state index < -0.39 is 124 Å². The molecule has 0 aromatic heterocycles. The van der Waals surface area contributed by atoms with Gasteiger partial charge in [0.25, 0.3) is 0 Å². The van der Waals surface area contributed by atoms with Crippen molar-refractivity contribution in [2.24, 2.45) is 0 Å². The van der Waals surface area contributed by atoms with Gasteiger partial charge in [-0.15, -0.1) is 0 Å². The lowest BCUT2D eigenvalue weighted by Gasteiger charge is -2.48. The van der Waals surface area contributed by atoms with Gasteiger partial charge in [0.05, 0.1) is 38.6 Å². The predicted molar refractivity (Wildman–Crippen MR) is 420 cm³/mol. The Labute approximate surface area is 634 Å². The molecular formula is C86H149NO18. The Morgan fingerprint density at radius 1 is 0.352 bits per heavy atom. The first-order valence-corrected chi connectivity index (χ1v) is 41.6. The molecular weight excluding hydrogens is 1330 g/mol. The van der Waals surface area contributed by atoms with Gasteiger partial charge >= 0.3 is 0 Å². The summed E-state index contributed by atoms with van der Waals surface area (Å²) < 4.78 is 34.5. The minimum absolute atomic E-state index is 0.238. The summed E-state index contributed by atoms with van der Waals surface area (Å²) in [5.74, 6) is -0.277. The van der Waals surface area contributed by atoms with Crippen molar-refractivity contribution in [1.29, 1.82) is 0 Å². The summed E-state index contributed by atoms with van der Waals surface area (Å²) >= 11 is 0. The van der Waals surface area contributed by atoms with Crippen LogP contribution in [0.5, 0.6) is 0 Å². The van der Waals surface area contributed by atoms with E-state index in [9.17, 15) is 61.0 Å². The van der Waals surface area contributed by atoms with Gasteiger partial charge < -0.3 is 89.9 Å². The molecule has 3 aliphatic heterocycles. The lowest BCUT2D eigenvalue weighted by Crippen LogP contribution is -2.66. The second kappa shape index (κ2) is 65.2. The fourth-order valence-electron chi connectivity index (χ4n) is 13.4. The van der Waals surface area contributed by atoms with Crippen molar-refractivity contribution in [1.82, 2.24) is 5.32 Å². The Hall–Kier alpha value is -3.55. The van der Waals surface area contributed by atoms with Crippen LogP contribution in [0.25, 0.3) is 0 Å². The third-order valence-corrected chi connectivity index (χ3v) is 20.1. The van der Waals surface area contributed by atoms with Crippen LogP contribution < -0.4 is 5.32 Å². The maximum atomic E-state index is 13.5. The van der Waals surface area contributed by atoms with E-state index in [1.807, 2.05) is 6.08 Å². The Morgan fingerprint density at radius 2 is 0.657 bits per heavy atom. The smallest absolute Gasteiger partial charge is 0.220 e. The van der Waals surface area contributed by atoms with Crippen LogP contribution in [0.4, 0.5) is 0 Å². The first kappa shape index (κ1) is 95.7. The zero-order valence-electron chi connectivity index (χ0n) is 64.9. The quantitative estimate of drug-likeness (QED) is 0.0199. The first-order chi connectivity index (χ1) is 51.3. The van der Waals surface area contributed by atoms with E-state index in [2.05, 4.69) is 116 Å². The van der Waals surface area contributed by atoms with Gasteiger partial charge in [0.15, 0.2) is 18.9 Å². The van der Waals surface area contributed by atoms with Crippen molar-refractivity contribution in [2.45, 2.75) is 401 Å².